The molecule has 0 heterocycles. The van der Waals surface area contributed by atoms with Gasteiger partial charge in [0.15, 0.2) is 0 Å². The summed E-state index contributed by atoms with van der Waals surface area (Å²) in [6.45, 7) is 0.237. The van der Waals surface area contributed by atoms with Gasteiger partial charge in [-0.3, -0.25) is 5.73 Å². The summed E-state index contributed by atoms with van der Waals surface area (Å²) in [6, 6.07) is 7.75. The molecule has 1 rings (SSSR count). The smallest absolute Gasteiger partial charge is 0.137 e. The van der Waals surface area contributed by atoms with Gasteiger partial charge in [-0.25, -0.2) is 0 Å². The van der Waals surface area contributed by atoms with Gasteiger partial charge in [0.1, 0.15) is 12.5 Å². The summed E-state index contributed by atoms with van der Waals surface area (Å²) in [5.74, 6) is 0.822. The Morgan fingerprint density at radius 3 is 2.40 bits per heavy atom. The van der Waals surface area contributed by atoms with Crippen LogP contribution in [0.3, 0.4) is 0 Å². The molecular formula is C7H8INO. The molecule has 0 aromatic heterocycles. The van der Waals surface area contributed by atoms with Crippen LogP contribution in [0.25, 0.3) is 0 Å². The molecule has 0 unspecified atom stereocenters. The molecule has 0 bridgehead atoms. The predicted octanol–water partition coefficient (Wildman–Crippen LogP) is 1.59. The molecule has 1 aromatic carbocycles. The van der Waals surface area contributed by atoms with Crippen LogP contribution in [0, 0.1) is 3.57 Å². The van der Waals surface area contributed by atoms with Crippen molar-refractivity contribution in [2.24, 2.45) is 5.73 Å². The lowest BCUT2D eigenvalue weighted by atomic mass is 10.3. The van der Waals surface area contributed by atoms with E-state index in [4.69, 9.17) is 10.5 Å². The first kappa shape index (κ1) is 7.81. The largest absolute Gasteiger partial charge is 0.479 e. The molecule has 0 saturated carbocycles. The second-order valence-electron chi connectivity index (χ2n) is 1.76. The molecule has 2 N–H and O–H groups in total. The molecule has 0 saturated heterocycles. The van der Waals surface area contributed by atoms with Gasteiger partial charge in [-0.1, -0.05) is 0 Å². The second kappa shape index (κ2) is 3.78. The number of rotatable bonds is 2. The van der Waals surface area contributed by atoms with E-state index < -0.39 is 0 Å². The van der Waals surface area contributed by atoms with Crippen LogP contribution in [0.15, 0.2) is 24.3 Å². The SMILES string of the molecule is NCOc1ccc(I)cc1. The van der Waals surface area contributed by atoms with Crippen molar-refractivity contribution in [1.29, 1.82) is 0 Å². The van der Waals surface area contributed by atoms with Gasteiger partial charge in [0.05, 0.1) is 0 Å². The highest BCUT2D eigenvalue weighted by atomic mass is 127. The van der Waals surface area contributed by atoms with Gasteiger partial charge >= 0.3 is 0 Å². The number of nitrogens with two attached hydrogens (primary N) is 1. The summed E-state index contributed by atoms with van der Waals surface area (Å²) in [5, 5.41) is 0. The van der Waals surface area contributed by atoms with E-state index >= 15 is 0 Å². The molecule has 0 atom stereocenters. The molecule has 2 nitrogen and oxygen atoms in total. The molecule has 54 valence electrons. The molecule has 0 aliphatic rings. The lowest BCUT2D eigenvalue weighted by Crippen LogP contribution is -2.06. The molecule has 1 aromatic rings. The van der Waals surface area contributed by atoms with E-state index in [1.165, 1.54) is 3.57 Å². The third kappa shape index (κ3) is 2.15. The fourth-order valence-electron chi connectivity index (χ4n) is 0.627. The summed E-state index contributed by atoms with van der Waals surface area (Å²) in [7, 11) is 0. The summed E-state index contributed by atoms with van der Waals surface area (Å²) in [6.07, 6.45) is 0. The minimum Gasteiger partial charge on any atom is -0.479 e. The van der Waals surface area contributed by atoms with E-state index in [0.29, 0.717) is 0 Å². The first-order valence-electron chi connectivity index (χ1n) is 2.91. The first-order chi connectivity index (χ1) is 4.83. The Hall–Kier alpha value is -0.290. The zero-order chi connectivity index (χ0) is 7.40. The normalized spacial score (nSPS) is 9.40. The third-order valence-electron chi connectivity index (χ3n) is 1.06. The highest BCUT2D eigenvalue weighted by molar-refractivity contribution is 14.1. The zero-order valence-corrected chi connectivity index (χ0v) is 7.54. The van der Waals surface area contributed by atoms with Crippen LogP contribution in [0.2, 0.25) is 0 Å². The van der Waals surface area contributed by atoms with Gasteiger partial charge in [0.2, 0.25) is 0 Å². The highest BCUT2D eigenvalue weighted by Crippen LogP contribution is 2.12. The van der Waals surface area contributed by atoms with Crippen molar-refractivity contribution in [1.82, 2.24) is 0 Å². The summed E-state index contributed by atoms with van der Waals surface area (Å²) in [4.78, 5) is 0. The minimum absolute atomic E-state index is 0.237. The maximum atomic E-state index is 5.17. The number of hydrogen-bond acceptors (Lipinski definition) is 2. The van der Waals surface area contributed by atoms with E-state index in [0.717, 1.165) is 5.75 Å². The second-order valence-corrected chi connectivity index (χ2v) is 3.01. The highest BCUT2D eigenvalue weighted by Gasteiger charge is 1.89. The number of benzene rings is 1. The Balaban J connectivity index is 2.69. The number of hydrogen-bond donors (Lipinski definition) is 1. The maximum Gasteiger partial charge on any atom is 0.137 e. The average molecular weight is 249 g/mol. The Bertz CT molecular complexity index is 197. The Morgan fingerprint density at radius 2 is 1.90 bits per heavy atom. The van der Waals surface area contributed by atoms with Gasteiger partial charge in [-0.15, -0.1) is 0 Å². The molecule has 3 heteroatoms. The minimum atomic E-state index is 0.237. The van der Waals surface area contributed by atoms with Crippen molar-refractivity contribution in [2.75, 3.05) is 6.73 Å². The first-order valence-corrected chi connectivity index (χ1v) is 3.99. The van der Waals surface area contributed by atoms with Crippen molar-refractivity contribution in [2.45, 2.75) is 0 Å². The van der Waals surface area contributed by atoms with Crippen molar-refractivity contribution in [3.8, 4) is 5.75 Å². The van der Waals surface area contributed by atoms with Crippen LogP contribution in [0.1, 0.15) is 0 Å². The topological polar surface area (TPSA) is 35.2 Å². The van der Waals surface area contributed by atoms with Gasteiger partial charge < -0.3 is 4.74 Å². The summed E-state index contributed by atoms with van der Waals surface area (Å²) >= 11 is 2.24. The van der Waals surface area contributed by atoms with Gasteiger partial charge in [-0.2, -0.15) is 0 Å². The summed E-state index contributed by atoms with van der Waals surface area (Å²) < 4.78 is 6.23. The van der Waals surface area contributed by atoms with E-state index in [-0.39, 0.29) is 6.73 Å². The van der Waals surface area contributed by atoms with E-state index in [1.807, 2.05) is 24.3 Å². The van der Waals surface area contributed by atoms with Crippen LogP contribution in [-0.4, -0.2) is 6.73 Å². The third-order valence-corrected chi connectivity index (χ3v) is 1.78. The standard InChI is InChI=1S/C7H8INO/c8-6-1-3-7(4-2-6)10-5-9/h1-4H,5,9H2. The van der Waals surface area contributed by atoms with Crippen LogP contribution >= 0.6 is 22.6 Å². The van der Waals surface area contributed by atoms with Crippen LogP contribution < -0.4 is 10.5 Å². The van der Waals surface area contributed by atoms with Crippen LogP contribution in [0.4, 0.5) is 0 Å². The molecule has 0 aliphatic carbocycles. The number of ether oxygens (including phenoxy) is 1. The van der Waals surface area contributed by atoms with Gasteiger partial charge in [0, 0.05) is 3.57 Å². The molecule has 0 spiro atoms. The van der Waals surface area contributed by atoms with Gasteiger partial charge in [0.25, 0.3) is 0 Å². The molecule has 10 heavy (non-hydrogen) atoms. The van der Waals surface area contributed by atoms with Crippen molar-refractivity contribution < 1.29 is 4.74 Å². The quantitative estimate of drug-likeness (QED) is 0.638. The van der Waals surface area contributed by atoms with Crippen molar-refractivity contribution in [3.05, 3.63) is 27.8 Å². The van der Waals surface area contributed by atoms with Crippen molar-refractivity contribution >= 4 is 22.6 Å². The molecule has 0 amide bonds. The molecule has 0 fully saturated rings. The fraction of sp³-hybridized carbons (Fsp3) is 0.143. The van der Waals surface area contributed by atoms with E-state index in [2.05, 4.69) is 22.6 Å². The Kier molecular flexibility index (Phi) is 2.95. The Labute approximate surface area is 73.5 Å². The van der Waals surface area contributed by atoms with Crippen LogP contribution in [0.5, 0.6) is 5.75 Å². The predicted molar refractivity (Wildman–Crippen MR) is 48.8 cm³/mol. The fourth-order valence-corrected chi connectivity index (χ4v) is 0.987. The Morgan fingerprint density at radius 1 is 1.30 bits per heavy atom. The van der Waals surface area contributed by atoms with E-state index in [9.17, 15) is 0 Å². The molecular weight excluding hydrogens is 241 g/mol. The van der Waals surface area contributed by atoms with Gasteiger partial charge in [-0.05, 0) is 46.9 Å². The van der Waals surface area contributed by atoms with E-state index in [1.54, 1.807) is 0 Å². The summed E-state index contributed by atoms with van der Waals surface area (Å²) in [5.41, 5.74) is 5.17. The lowest BCUT2D eigenvalue weighted by molar-refractivity contribution is 0.329. The van der Waals surface area contributed by atoms with Crippen molar-refractivity contribution in [3.63, 3.8) is 0 Å². The zero-order valence-electron chi connectivity index (χ0n) is 5.38. The molecule has 0 radical (unpaired) electrons. The molecule has 0 aliphatic heterocycles. The lowest BCUT2D eigenvalue weighted by Gasteiger charge is -2.00. The van der Waals surface area contributed by atoms with Crippen LogP contribution in [-0.2, 0) is 0 Å². The maximum absolute atomic E-state index is 5.17. The average Bonchev–Trinajstić information content (AvgIpc) is 1.95. The number of halogens is 1. The monoisotopic (exact) mass is 249 g/mol.